The predicted octanol–water partition coefficient (Wildman–Crippen LogP) is 4.24. The van der Waals surface area contributed by atoms with E-state index in [1.807, 2.05) is 42.7 Å². The van der Waals surface area contributed by atoms with Crippen LogP contribution >= 0.6 is 11.6 Å². The minimum atomic E-state index is 0.0745. The second kappa shape index (κ2) is 7.04. The van der Waals surface area contributed by atoms with E-state index >= 15 is 0 Å². The molecule has 0 fully saturated rings. The van der Waals surface area contributed by atoms with Crippen molar-refractivity contribution in [2.45, 2.75) is 26.8 Å². The molecule has 1 aromatic carbocycles. The first-order valence-corrected chi connectivity index (χ1v) is 9.23. The standard InChI is InChI=1S/C20H21ClN6/c1-12-14(3)27(11-24-12)19-6-7-22-20(26-19)25-13(2)16-8-15-9-17(21)4-5-18(15)23-10-16/h4-9,11,13,23H,10H2,1-3H3,(H,22,25,26)/t13-/m0/s1. The molecule has 3 aromatic rings. The molecule has 2 aromatic heterocycles. The summed E-state index contributed by atoms with van der Waals surface area (Å²) in [4.78, 5) is 13.4. The zero-order valence-electron chi connectivity index (χ0n) is 15.5. The Balaban J connectivity index is 1.56. The fourth-order valence-electron chi connectivity index (χ4n) is 3.11. The Morgan fingerprint density at radius 2 is 2.07 bits per heavy atom. The minimum absolute atomic E-state index is 0.0745. The third-order valence-electron chi connectivity index (χ3n) is 4.88. The Morgan fingerprint density at radius 1 is 1.22 bits per heavy atom. The van der Waals surface area contributed by atoms with E-state index in [9.17, 15) is 0 Å². The zero-order valence-corrected chi connectivity index (χ0v) is 16.2. The second-order valence-electron chi connectivity index (χ2n) is 6.69. The molecule has 0 saturated carbocycles. The van der Waals surface area contributed by atoms with Crippen molar-refractivity contribution in [2.24, 2.45) is 0 Å². The van der Waals surface area contributed by atoms with Gasteiger partial charge in [-0.3, -0.25) is 4.57 Å². The normalized spacial score (nSPS) is 14.1. The molecular weight excluding hydrogens is 360 g/mol. The Hall–Kier alpha value is -2.86. The van der Waals surface area contributed by atoms with Crippen LogP contribution in [0, 0.1) is 13.8 Å². The van der Waals surface area contributed by atoms with Crippen LogP contribution in [0.1, 0.15) is 23.9 Å². The summed E-state index contributed by atoms with van der Waals surface area (Å²) >= 11 is 6.12. The van der Waals surface area contributed by atoms with Gasteiger partial charge in [0.15, 0.2) is 0 Å². The highest BCUT2D eigenvalue weighted by atomic mass is 35.5. The average Bonchev–Trinajstić information content (AvgIpc) is 3.00. The first kappa shape index (κ1) is 17.5. The average molecular weight is 381 g/mol. The summed E-state index contributed by atoms with van der Waals surface area (Å²) in [5, 5.41) is 7.56. The molecule has 1 atom stereocenters. The van der Waals surface area contributed by atoms with E-state index in [1.54, 1.807) is 12.5 Å². The first-order chi connectivity index (χ1) is 13.0. The quantitative estimate of drug-likeness (QED) is 0.708. The van der Waals surface area contributed by atoms with Gasteiger partial charge < -0.3 is 10.6 Å². The van der Waals surface area contributed by atoms with Gasteiger partial charge in [-0.1, -0.05) is 11.6 Å². The van der Waals surface area contributed by atoms with Crippen LogP contribution in [0.25, 0.3) is 11.9 Å². The highest BCUT2D eigenvalue weighted by Crippen LogP contribution is 2.28. The lowest BCUT2D eigenvalue weighted by molar-refractivity contribution is 0.866. The van der Waals surface area contributed by atoms with E-state index in [1.165, 1.54) is 5.57 Å². The fraction of sp³-hybridized carbons (Fsp3) is 0.250. The lowest BCUT2D eigenvalue weighted by Crippen LogP contribution is -2.26. The van der Waals surface area contributed by atoms with Crippen molar-refractivity contribution in [3.8, 4) is 5.82 Å². The molecule has 0 unspecified atom stereocenters. The van der Waals surface area contributed by atoms with Crippen molar-refractivity contribution in [1.29, 1.82) is 0 Å². The molecule has 1 aliphatic heterocycles. The predicted molar refractivity (Wildman–Crippen MR) is 110 cm³/mol. The number of fused-ring (bicyclic) bond motifs is 1. The number of hydrogen-bond donors (Lipinski definition) is 2. The van der Waals surface area contributed by atoms with Crippen molar-refractivity contribution in [1.82, 2.24) is 19.5 Å². The Labute approximate surface area is 163 Å². The number of benzene rings is 1. The summed E-state index contributed by atoms with van der Waals surface area (Å²) in [5.74, 6) is 1.38. The van der Waals surface area contributed by atoms with Gasteiger partial charge in [-0.2, -0.15) is 4.98 Å². The van der Waals surface area contributed by atoms with E-state index in [0.29, 0.717) is 5.95 Å². The molecule has 0 bridgehead atoms. The van der Waals surface area contributed by atoms with Gasteiger partial charge >= 0.3 is 0 Å². The lowest BCUT2D eigenvalue weighted by Gasteiger charge is -2.24. The molecule has 0 saturated heterocycles. The molecule has 0 spiro atoms. The van der Waals surface area contributed by atoms with E-state index in [-0.39, 0.29) is 6.04 Å². The molecule has 0 radical (unpaired) electrons. The van der Waals surface area contributed by atoms with Crippen molar-refractivity contribution >= 4 is 29.3 Å². The Kier molecular flexibility index (Phi) is 4.58. The largest absolute Gasteiger partial charge is 0.381 e. The third kappa shape index (κ3) is 3.53. The Bertz CT molecular complexity index is 1020. The third-order valence-corrected chi connectivity index (χ3v) is 5.11. The fourth-order valence-corrected chi connectivity index (χ4v) is 3.29. The van der Waals surface area contributed by atoms with Crippen molar-refractivity contribution in [3.63, 3.8) is 0 Å². The van der Waals surface area contributed by atoms with Crippen LogP contribution in [0.15, 0.2) is 42.4 Å². The van der Waals surface area contributed by atoms with Crippen LogP contribution in [0.3, 0.4) is 0 Å². The number of hydrogen-bond acceptors (Lipinski definition) is 5. The summed E-state index contributed by atoms with van der Waals surface area (Å²) in [6.45, 7) is 6.89. The molecule has 3 heterocycles. The van der Waals surface area contributed by atoms with Crippen LogP contribution < -0.4 is 10.6 Å². The van der Waals surface area contributed by atoms with Gasteiger partial charge in [0.1, 0.15) is 12.1 Å². The van der Waals surface area contributed by atoms with Gasteiger partial charge in [0.25, 0.3) is 0 Å². The molecule has 6 nitrogen and oxygen atoms in total. The van der Waals surface area contributed by atoms with Crippen LogP contribution in [-0.4, -0.2) is 32.1 Å². The molecule has 0 amide bonds. The number of nitrogens with one attached hydrogen (secondary N) is 2. The highest BCUT2D eigenvalue weighted by molar-refractivity contribution is 6.30. The Morgan fingerprint density at radius 3 is 2.85 bits per heavy atom. The molecule has 0 aliphatic carbocycles. The number of anilines is 2. The summed E-state index contributed by atoms with van der Waals surface area (Å²) < 4.78 is 1.96. The molecule has 138 valence electrons. The van der Waals surface area contributed by atoms with E-state index in [2.05, 4.69) is 38.6 Å². The summed E-state index contributed by atoms with van der Waals surface area (Å²) in [7, 11) is 0. The number of aromatic nitrogens is 4. The van der Waals surface area contributed by atoms with Crippen molar-refractivity contribution in [3.05, 3.63) is 64.3 Å². The van der Waals surface area contributed by atoms with Crippen LogP contribution in [-0.2, 0) is 0 Å². The van der Waals surface area contributed by atoms with Gasteiger partial charge in [0.05, 0.1) is 5.69 Å². The molecule has 2 N–H and O–H groups in total. The van der Waals surface area contributed by atoms with E-state index < -0.39 is 0 Å². The number of halogens is 1. The number of nitrogens with zero attached hydrogens (tertiary/aromatic N) is 4. The number of aryl methyl sites for hydroxylation is 1. The topological polar surface area (TPSA) is 67.7 Å². The van der Waals surface area contributed by atoms with Gasteiger partial charge in [-0.05, 0) is 62.2 Å². The van der Waals surface area contributed by atoms with Crippen molar-refractivity contribution < 1.29 is 0 Å². The number of imidazole rings is 1. The van der Waals surface area contributed by atoms with Gasteiger partial charge in [0, 0.05) is 35.2 Å². The maximum atomic E-state index is 6.12. The molecular formula is C20H21ClN6. The van der Waals surface area contributed by atoms with Crippen LogP contribution in [0.4, 0.5) is 11.6 Å². The van der Waals surface area contributed by atoms with Gasteiger partial charge in [-0.25, -0.2) is 9.97 Å². The summed E-state index contributed by atoms with van der Waals surface area (Å²) in [6.07, 6.45) is 5.71. The van der Waals surface area contributed by atoms with Crippen molar-refractivity contribution in [2.75, 3.05) is 17.2 Å². The van der Waals surface area contributed by atoms with Gasteiger partial charge in [-0.15, -0.1) is 0 Å². The van der Waals surface area contributed by atoms with Crippen LogP contribution in [0.2, 0.25) is 5.02 Å². The maximum absolute atomic E-state index is 6.12. The molecule has 1 aliphatic rings. The monoisotopic (exact) mass is 380 g/mol. The van der Waals surface area contributed by atoms with E-state index in [0.717, 1.165) is 40.0 Å². The van der Waals surface area contributed by atoms with Crippen LogP contribution in [0.5, 0.6) is 0 Å². The molecule has 4 rings (SSSR count). The summed E-state index contributed by atoms with van der Waals surface area (Å²) in [6, 6.07) is 7.82. The summed E-state index contributed by atoms with van der Waals surface area (Å²) in [5.41, 5.74) is 5.47. The minimum Gasteiger partial charge on any atom is -0.381 e. The molecule has 7 heteroatoms. The first-order valence-electron chi connectivity index (χ1n) is 8.85. The lowest BCUT2D eigenvalue weighted by atomic mass is 10.00. The zero-order chi connectivity index (χ0) is 19.0. The van der Waals surface area contributed by atoms with Gasteiger partial charge in [0.2, 0.25) is 5.95 Å². The van der Waals surface area contributed by atoms with E-state index in [4.69, 9.17) is 11.6 Å². The molecule has 27 heavy (non-hydrogen) atoms. The smallest absolute Gasteiger partial charge is 0.225 e. The SMILES string of the molecule is Cc1ncn(-c2ccnc(N[C@@H](C)C3=Cc4cc(Cl)ccc4NC3)n2)c1C. The number of rotatable bonds is 4. The second-order valence-corrected chi connectivity index (χ2v) is 7.13. The maximum Gasteiger partial charge on any atom is 0.225 e. The highest BCUT2D eigenvalue weighted by Gasteiger charge is 2.16.